The van der Waals surface area contributed by atoms with Gasteiger partial charge in [-0.25, -0.2) is 9.78 Å². The molecule has 0 saturated carbocycles. The second-order valence-corrected chi connectivity index (χ2v) is 17.7. The number of amides is 4. The van der Waals surface area contributed by atoms with Gasteiger partial charge in [0.1, 0.15) is 11.3 Å². The molecular formula is C45H70N10O8S. The number of aromatic nitrogens is 3. The zero-order valence-electron chi connectivity index (χ0n) is 37.8. The summed E-state index contributed by atoms with van der Waals surface area (Å²) < 4.78 is 30.4. The van der Waals surface area contributed by atoms with Gasteiger partial charge >= 0.3 is 6.03 Å². The van der Waals surface area contributed by atoms with Crippen molar-refractivity contribution < 1.29 is 38.1 Å². The molecule has 0 radical (unpaired) electrons. The molecule has 5 heterocycles. The van der Waals surface area contributed by atoms with E-state index in [0.717, 1.165) is 104 Å². The summed E-state index contributed by atoms with van der Waals surface area (Å²) in [5, 5.41) is 12.8. The lowest BCUT2D eigenvalue weighted by Crippen LogP contribution is -2.48. The van der Waals surface area contributed by atoms with Crippen molar-refractivity contribution in [1.82, 2.24) is 40.3 Å². The number of unbranched alkanes of at least 4 members (excludes halogenated alkanes) is 3. The highest BCUT2D eigenvalue weighted by Crippen LogP contribution is 2.33. The molecule has 19 heteroatoms. The average Bonchev–Trinajstić information content (AvgIpc) is 3.99. The molecule has 6 N–H and O–H groups in total. The molecule has 0 bridgehead atoms. The van der Waals surface area contributed by atoms with Gasteiger partial charge in [0, 0.05) is 75.0 Å². The molecule has 1 aromatic carbocycles. The van der Waals surface area contributed by atoms with Crippen molar-refractivity contribution in [3.8, 4) is 5.75 Å². The monoisotopic (exact) mass is 911 g/mol. The molecule has 1 unspecified atom stereocenters. The number of urea groups is 1. The van der Waals surface area contributed by atoms with Gasteiger partial charge in [-0.05, 0) is 37.0 Å². The van der Waals surface area contributed by atoms with Crippen LogP contribution in [0.4, 0.5) is 16.6 Å². The van der Waals surface area contributed by atoms with Crippen LogP contribution in [0.15, 0.2) is 30.5 Å². The summed E-state index contributed by atoms with van der Waals surface area (Å²) in [6, 6.07) is 8.76. The molecule has 3 saturated heterocycles. The van der Waals surface area contributed by atoms with Crippen molar-refractivity contribution in [2.45, 2.75) is 88.7 Å². The Morgan fingerprint density at radius 2 is 1.61 bits per heavy atom. The number of ether oxygens (including phenoxy) is 5. The van der Waals surface area contributed by atoms with E-state index in [1.54, 1.807) is 7.11 Å². The number of benzene rings is 1. The first-order valence-corrected chi connectivity index (χ1v) is 24.1. The number of anilines is 2. The highest BCUT2D eigenvalue weighted by Gasteiger charge is 2.42. The predicted molar refractivity (Wildman–Crippen MR) is 249 cm³/mol. The fourth-order valence-electron chi connectivity index (χ4n) is 8.28. The van der Waals surface area contributed by atoms with Crippen LogP contribution in [-0.2, 0) is 41.6 Å². The number of carbonyl (C=O) groups is 3. The zero-order valence-corrected chi connectivity index (χ0v) is 38.6. The van der Waals surface area contributed by atoms with E-state index in [1.165, 1.54) is 0 Å². The number of fused-ring (bicyclic) bond motifs is 2. The summed E-state index contributed by atoms with van der Waals surface area (Å²) in [4.78, 5) is 49.8. The molecule has 64 heavy (non-hydrogen) atoms. The SMILES string of the molecule is CCCCCNc1nc(N)nc2ccn(Cc3ccc(CN4CCN(C(=O)CCOCCOCCOCCOCCNC(=O)CCCCC5SC[C@@H]6NC(=O)N[C@H]56)CC4)cc3OC)c12. The Kier molecular flexibility index (Phi) is 20.3. The third kappa shape index (κ3) is 15.4. The normalized spacial score (nSPS) is 18.6. The number of hydrogen-bond donors (Lipinski definition) is 5. The molecule has 6 rings (SSSR count). The second kappa shape index (κ2) is 26.5. The van der Waals surface area contributed by atoms with Crippen molar-refractivity contribution in [3.05, 3.63) is 41.6 Å². The Bertz CT molecular complexity index is 1910. The molecule has 3 fully saturated rings. The van der Waals surface area contributed by atoms with Gasteiger partial charge in [-0.3, -0.25) is 14.5 Å². The van der Waals surface area contributed by atoms with Crippen molar-refractivity contribution in [3.63, 3.8) is 0 Å². The van der Waals surface area contributed by atoms with E-state index >= 15 is 0 Å². The summed E-state index contributed by atoms with van der Waals surface area (Å²) in [7, 11) is 1.71. The Hall–Kier alpha value is -4.40. The van der Waals surface area contributed by atoms with Crippen LogP contribution in [0, 0.1) is 0 Å². The number of nitrogens with one attached hydrogen (secondary N) is 4. The zero-order chi connectivity index (χ0) is 44.9. The molecule has 3 aromatic rings. The molecule has 2 aromatic heterocycles. The van der Waals surface area contributed by atoms with Crippen molar-refractivity contribution in [2.75, 3.05) is 116 Å². The quantitative estimate of drug-likeness (QED) is 0.0479. The fraction of sp³-hybridized carbons (Fsp3) is 0.667. The number of thioether (sulfide) groups is 1. The van der Waals surface area contributed by atoms with Crippen molar-refractivity contribution in [1.29, 1.82) is 0 Å². The lowest BCUT2D eigenvalue weighted by atomic mass is 10.0. The summed E-state index contributed by atoms with van der Waals surface area (Å²) in [5.41, 5.74) is 9.98. The Labute approximate surface area is 381 Å². The number of methoxy groups -OCH3 is 1. The third-order valence-electron chi connectivity index (χ3n) is 11.7. The summed E-state index contributed by atoms with van der Waals surface area (Å²) in [6.07, 6.45) is 9.04. The van der Waals surface area contributed by atoms with Crippen LogP contribution >= 0.6 is 11.8 Å². The van der Waals surface area contributed by atoms with E-state index in [4.69, 9.17) is 29.4 Å². The molecule has 0 aliphatic carbocycles. The van der Waals surface area contributed by atoms with E-state index in [2.05, 4.69) is 65.8 Å². The minimum absolute atomic E-state index is 0.0364. The van der Waals surface area contributed by atoms with E-state index in [-0.39, 0.29) is 35.9 Å². The number of nitrogens with two attached hydrogens (primary N) is 1. The van der Waals surface area contributed by atoms with Gasteiger partial charge in [-0.1, -0.05) is 38.3 Å². The lowest BCUT2D eigenvalue weighted by Gasteiger charge is -2.35. The van der Waals surface area contributed by atoms with E-state index in [1.807, 2.05) is 28.9 Å². The van der Waals surface area contributed by atoms with E-state index in [0.29, 0.717) is 97.1 Å². The summed E-state index contributed by atoms with van der Waals surface area (Å²) >= 11 is 1.90. The third-order valence-corrected chi connectivity index (χ3v) is 13.3. The van der Waals surface area contributed by atoms with Crippen LogP contribution in [0.25, 0.3) is 11.0 Å². The van der Waals surface area contributed by atoms with Crippen molar-refractivity contribution in [2.24, 2.45) is 0 Å². The van der Waals surface area contributed by atoms with Crippen LogP contribution in [0.3, 0.4) is 0 Å². The summed E-state index contributed by atoms with van der Waals surface area (Å²) in [5.74, 6) is 2.94. The molecule has 3 atom stereocenters. The molecule has 0 spiro atoms. The standard InChI is InChI=1S/C45H70N10O8S/c1-3-4-7-14-48-43-42-35(49-44(46)52-43)12-16-55(42)31-34-11-10-33(29-37(34)59-2)30-53-17-19-54(20-18-53)40(57)13-21-60-23-25-62-27-28-63-26-24-61-22-15-47-39(56)9-6-5-8-38-41-36(32-64-38)50-45(58)51-41/h10-12,16,29,36,38,41H,3-9,13-15,17-28,30-32H2,1-2H3,(H,47,56)(H2,50,51,58)(H3,46,48,49,52)/t36-,38?,41-/m0/s1. The van der Waals surface area contributed by atoms with Gasteiger partial charge in [-0.2, -0.15) is 16.7 Å². The Morgan fingerprint density at radius 3 is 2.36 bits per heavy atom. The smallest absolute Gasteiger partial charge is 0.315 e. The molecule has 4 amide bonds. The largest absolute Gasteiger partial charge is 0.496 e. The van der Waals surface area contributed by atoms with Gasteiger partial charge < -0.3 is 60.2 Å². The summed E-state index contributed by atoms with van der Waals surface area (Å²) in [6.45, 7) is 11.3. The molecule has 3 aliphatic heterocycles. The first-order chi connectivity index (χ1) is 31.3. The van der Waals surface area contributed by atoms with Crippen LogP contribution in [0.5, 0.6) is 5.75 Å². The first-order valence-electron chi connectivity index (χ1n) is 23.1. The minimum Gasteiger partial charge on any atom is -0.496 e. The maximum absolute atomic E-state index is 12.9. The number of piperazine rings is 1. The van der Waals surface area contributed by atoms with Crippen LogP contribution < -0.4 is 31.7 Å². The van der Waals surface area contributed by atoms with E-state index < -0.39 is 0 Å². The van der Waals surface area contributed by atoms with Crippen LogP contribution in [0.1, 0.15) is 69.4 Å². The highest BCUT2D eigenvalue weighted by atomic mass is 32.2. The maximum atomic E-state index is 12.9. The molecule has 18 nitrogen and oxygen atoms in total. The van der Waals surface area contributed by atoms with Gasteiger partial charge in [0.2, 0.25) is 17.8 Å². The van der Waals surface area contributed by atoms with Crippen LogP contribution in [-0.4, -0.2) is 165 Å². The fourth-order valence-corrected chi connectivity index (χ4v) is 9.82. The molecule has 354 valence electrons. The predicted octanol–water partition coefficient (Wildman–Crippen LogP) is 3.62. The Morgan fingerprint density at radius 1 is 0.859 bits per heavy atom. The number of rotatable bonds is 30. The first kappa shape index (κ1) is 49.0. The number of carbonyl (C=O) groups excluding carboxylic acids is 3. The van der Waals surface area contributed by atoms with Gasteiger partial charge in [0.25, 0.3) is 0 Å². The van der Waals surface area contributed by atoms with Gasteiger partial charge in [0.05, 0.1) is 90.5 Å². The van der Waals surface area contributed by atoms with Gasteiger partial charge in [0.15, 0.2) is 5.82 Å². The molecule has 3 aliphatic rings. The van der Waals surface area contributed by atoms with Crippen LogP contribution in [0.2, 0.25) is 0 Å². The number of nitrogen functional groups attached to an aromatic ring is 1. The van der Waals surface area contributed by atoms with Crippen molar-refractivity contribution >= 4 is 52.4 Å². The maximum Gasteiger partial charge on any atom is 0.315 e. The number of nitrogens with zero attached hydrogens (tertiary/aromatic N) is 5. The minimum atomic E-state index is -0.0639. The molecular weight excluding hydrogens is 841 g/mol. The highest BCUT2D eigenvalue weighted by molar-refractivity contribution is 8.00. The second-order valence-electron chi connectivity index (χ2n) is 16.5. The van der Waals surface area contributed by atoms with Gasteiger partial charge in [-0.15, -0.1) is 0 Å². The van der Waals surface area contributed by atoms with E-state index in [9.17, 15) is 14.4 Å². The average molecular weight is 911 g/mol. The number of hydrogen-bond acceptors (Lipinski definition) is 14. The topological polar surface area (TPSA) is 209 Å². The Balaban J connectivity index is 0.741. The lowest BCUT2D eigenvalue weighted by molar-refractivity contribution is -0.134.